The van der Waals surface area contributed by atoms with Crippen molar-refractivity contribution in [2.75, 3.05) is 6.26 Å². The molecule has 0 saturated heterocycles. The molecule has 0 fully saturated rings. The fourth-order valence-electron chi connectivity index (χ4n) is 0.685. The van der Waals surface area contributed by atoms with E-state index in [-0.39, 0.29) is 5.56 Å². The molecule has 0 radical (unpaired) electrons. The van der Waals surface area contributed by atoms with Crippen LogP contribution in [0.4, 0.5) is 0 Å². The summed E-state index contributed by atoms with van der Waals surface area (Å²) in [6.07, 6.45) is 1.85. The number of nitrogens with two attached hydrogens (primary N) is 1. The lowest BCUT2D eigenvalue weighted by molar-refractivity contribution is 0.857. The molecule has 0 unspecified atom stereocenters. The molecule has 11 heavy (non-hydrogen) atoms. The van der Waals surface area contributed by atoms with E-state index in [0.717, 1.165) is 0 Å². The first-order valence-corrected chi connectivity index (χ1v) is 4.33. The molecule has 60 valence electrons. The summed E-state index contributed by atoms with van der Waals surface area (Å²) < 4.78 is 0. The van der Waals surface area contributed by atoms with Gasteiger partial charge in [-0.25, -0.2) is 4.98 Å². The molecule has 5 heteroatoms. The highest BCUT2D eigenvalue weighted by molar-refractivity contribution is 7.98. The van der Waals surface area contributed by atoms with E-state index in [1.54, 1.807) is 0 Å². The van der Waals surface area contributed by atoms with Crippen molar-refractivity contribution in [3.05, 3.63) is 22.1 Å². The lowest BCUT2D eigenvalue weighted by Gasteiger charge is -1.97. The van der Waals surface area contributed by atoms with Crippen LogP contribution in [-0.4, -0.2) is 16.2 Å². The van der Waals surface area contributed by atoms with Gasteiger partial charge in [-0.15, -0.1) is 0 Å². The van der Waals surface area contributed by atoms with Gasteiger partial charge in [0.2, 0.25) is 0 Å². The number of hydrogen-bond acceptors (Lipinski definition) is 4. The SMILES string of the molecule is CSc1nc(CN)cc(=O)[nH]1. The summed E-state index contributed by atoms with van der Waals surface area (Å²) in [6.45, 7) is 0.303. The van der Waals surface area contributed by atoms with E-state index in [4.69, 9.17) is 5.73 Å². The van der Waals surface area contributed by atoms with Gasteiger partial charge in [-0.3, -0.25) is 4.79 Å². The third kappa shape index (κ3) is 2.06. The molecule has 0 spiro atoms. The molecule has 1 rings (SSSR count). The summed E-state index contributed by atoms with van der Waals surface area (Å²) in [5.41, 5.74) is 5.79. The molecule has 1 aromatic heterocycles. The van der Waals surface area contributed by atoms with Crippen LogP contribution in [0.5, 0.6) is 0 Å². The second-order valence-electron chi connectivity index (χ2n) is 1.95. The Morgan fingerprint density at radius 3 is 3.09 bits per heavy atom. The quantitative estimate of drug-likeness (QED) is 0.483. The van der Waals surface area contributed by atoms with E-state index in [2.05, 4.69) is 9.97 Å². The van der Waals surface area contributed by atoms with Gasteiger partial charge in [0.15, 0.2) is 5.16 Å². The fourth-order valence-corrected chi connectivity index (χ4v) is 1.10. The number of aromatic amines is 1. The second-order valence-corrected chi connectivity index (χ2v) is 2.75. The van der Waals surface area contributed by atoms with Crippen molar-refractivity contribution in [1.82, 2.24) is 9.97 Å². The van der Waals surface area contributed by atoms with Crippen molar-refractivity contribution in [3.8, 4) is 0 Å². The largest absolute Gasteiger partial charge is 0.325 e. The van der Waals surface area contributed by atoms with Crippen molar-refractivity contribution in [3.63, 3.8) is 0 Å². The Morgan fingerprint density at radius 2 is 2.55 bits per heavy atom. The third-order valence-corrected chi connectivity index (χ3v) is 1.76. The molecular weight excluding hydrogens is 162 g/mol. The Hall–Kier alpha value is -0.810. The average molecular weight is 171 g/mol. The fraction of sp³-hybridized carbons (Fsp3) is 0.333. The van der Waals surface area contributed by atoms with E-state index in [1.807, 2.05) is 6.26 Å². The van der Waals surface area contributed by atoms with Crippen LogP contribution >= 0.6 is 11.8 Å². The molecule has 0 atom stereocenters. The van der Waals surface area contributed by atoms with Gasteiger partial charge in [-0.2, -0.15) is 0 Å². The summed E-state index contributed by atoms with van der Waals surface area (Å²) in [5, 5.41) is 0.609. The number of H-pyrrole nitrogens is 1. The van der Waals surface area contributed by atoms with E-state index >= 15 is 0 Å². The van der Waals surface area contributed by atoms with Crippen molar-refractivity contribution in [2.45, 2.75) is 11.7 Å². The van der Waals surface area contributed by atoms with Gasteiger partial charge < -0.3 is 10.7 Å². The lowest BCUT2D eigenvalue weighted by atomic mass is 10.4. The zero-order valence-electron chi connectivity index (χ0n) is 6.13. The number of nitrogens with zero attached hydrogens (tertiary/aromatic N) is 1. The smallest absolute Gasteiger partial charge is 0.251 e. The zero-order chi connectivity index (χ0) is 8.27. The van der Waals surface area contributed by atoms with Gasteiger partial charge in [0.05, 0.1) is 5.69 Å². The Balaban J connectivity index is 3.12. The summed E-state index contributed by atoms with van der Waals surface area (Å²) in [6, 6.07) is 1.40. The number of nitrogens with one attached hydrogen (secondary N) is 1. The number of rotatable bonds is 2. The van der Waals surface area contributed by atoms with E-state index in [9.17, 15) is 4.79 Å². The van der Waals surface area contributed by atoms with Crippen LogP contribution in [0.2, 0.25) is 0 Å². The molecule has 1 aromatic rings. The average Bonchev–Trinajstić information content (AvgIpc) is 2.03. The van der Waals surface area contributed by atoms with Crippen LogP contribution in [0.1, 0.15) is 5.69 Å². The predicted molar refractivity (Wildman–Crippen MR) is 44.5 cm³/mol. The predicted octanol–water partition coefficient (Wildman–Crippen LogP) is -0.0495. The summed E-state index contributed by atoms with van der Waals surface area (Å²) >= 11 is 1.39. The Kier molecular flexibility index (Phi) is 2.67. The monoisotopic (exact) mass is 171 g/mol. The minimum absolute atomic E-state index is 0.148. The maximum atomic E-state index is 10.9. The first-order chi connectivity index (χ1) is 5.26. The van der Waals surface area contributed by atoms with Crippen LogP contribution in [0.15, 0.2) is 16.0 Å². The van der Waals surface area contributed by atoms with E-state index in [1.165, 1.54) is 17.8 Å². The van der Waals surface area contributed by atoms with E-state index in [0.29, 0.717) is 17.4 Å². The molecule has 0 amide bonds. The zero-order valence-corrected chi connectivity index (χ0v) is 6.94. The van der Waals surface area contributed by atoms with Gasteiger partial charge in [0.25, 0.3) is 5.56 Å². The second kappa shape index (κ2) is 3.54. The molecule has 4 nitrogen and oxygen atoms in total. The van der Waals surface area contributed by atoms with Gasteiger partial charge in [-0.05, 0) is 6.26 Å². The minimum Gasteiger partial charge on any atom is -0.325 e. The van der Waals surface area contributed by atoms with Crippen LogP contribution in [-0.2, 0) is 6.54 Å². The highest BCUT2D eigenvalue weighted by Crippen LogP contribution is 2.04. The summed E-state index contributed by atoms with van der Waals surface area (Å²) in [7, 11) is 0. The number of aromatic nitrogens is 2. The van der Waals surface area contributed by atoms with Crippen LogP contribution in [0, 0.1) is 0 Å². The number of hydrogen-bond donors (Lipinski definition) is 2. The summed E-state index contributed by atoms with van der Waals surface area (Å²) in [4.78, 5) is 17.5. The lowest BCUT2D eigenvalue weighted by Crippen LogP contribution is -2.12. The molecule has 1 heterocycles. The molecule has 0 aromatic carbocycles. The van der Waals surface area contributed by atoms with Crippen LogP contribution in [0.3, 0.4) is 0 Å². The topological polar surface area (TPSA) is 71.8 Å². The molecule has 0 bridgehead atoms. The van der Waals surface area contributed by atoms with Crippen LogP contribution in [0.25, 0.3) is 0 Å². The first-order valence-electron chi connectivity index (χ1n) is 3.10. The Morgan fingerprint density at radius 1 is 1.82 bits per heavy atom. The van der Waals surface area contributed by atoms with Gasteiger partial charge in [0, 0.05) is 12.6 Å². The van der Waals surface area contributed by atoms with E-state index < -0.39 is 0 Å². The highest BCUT2D eigenvalue weighted by atomic mass is 32.2. The van der Waals surface area contributed by atoms with Crippen molar-refractivity contribution >= 4 is 11.8 Å². The Bertz CT molecular complexity index is 271. The normalized spacial score (nSPS) is 10.0. The maximum absolute atomic E-state index is 10.9. The highest BCUT2D eigenvalue weighted by Gasteiger charge is 1.96. The van der Waals surface area contributed by atoms with Crippen molar-refractivity contribution in [2.24, 2.45) is 5.73 Å². The van der Waals surface area contributed by atoms with Crippen LogP contribution < -0.4 is 11.3 Å². The molecule has 0 aliphatic rings. The first kappa shape index (κ1) is 8.29. The molecule has 3 N–H and O–H groups in total. The van der Waals surface area contributed by atoms with Gasteiger partial charge in [0.1, 0.15) is 0 Å². The molecular formula is C6H9N3OS. The number of thioether (sulfide) groups is 1. The molecule has 0 aliphatic heterocycles. The molecule has 0 saturated carbocycles. The maximum Gasteiger partial charge on any atom is 0.251 e. The summed E-state index contributed by atoms with van der Waals surface area (Å²) in [5.74, 6) is 0. The van der Waals surface area contributed by atoms with Gasteiger partial charge in [-0.1, -0.05) is 11.8 Å². The van der Waals surface area contributed by atoms with Gasteiger partial charge >= 0.3 is 0 Å². The van der Waals surface area contributed by atoms with Crippen molar-refractivity contribution < 1.29 is 0 Å². The standard InChI is InChI=1S/C6H9N3OS/c1-11-6-8-4(3-7)2-5(10)9-6/h2H,3,7H2,1H3,(H,8,9,10). The Labute approximate surface area is 68.2 Å². The third-order valence-electron chi connectivity index (χ3n) is 1.18. The molecule has 0 aliphatic carbocycles. The van der Waals surface area contributed by atoms with Crippen molar-refractivity contribution in [1.29, 1.82) is 0 Å². The minimum atomic E-state index is -0.148.